The van der Waals surface area contributed by atoms with Crippen molar-refractivity contribution >= 4 is 11.6 Å². The summed E-state index contributed by atoms with van der Waals surface area (Å²) in [6, 6.07) is 2.41. The summed E-state index contributed by atoms with van der Waals surface area (Å²) in [5.41, 5.74) is 2.64. The van der Waals surface area contributed by atoms with Crippen molar-refractivity contribution in [3.05, 3.63) is 11.9 Å². The Morgan fingerprint density at radius 1 is 1.24 bits per heavy atom. The van der Waals surface area contributed by atoms with Crippen LogP contribution in [0.4, 0.5) is 11.6 Å². The van der Waals surface area contributed by atoms with Crippen molar-refractivity contribution in [3.63, 3.8) is 0 Å². The van der Waals surface area contributed by atoms with Crippen LogP contribution >= 0.6 is 0 Å². The van der Waals surface area contributed by atoms with Crippen LogP contribution in [0, 0.1) is 0 Å². The first-order chi connectivity index (χ1) is 10.3. The molecule has 0 radical (unpaired) electrons. The molecule has 1 aromatic heterocycles. The Morgan fingerprint density at radius 3 is 2.62 bits per heavy atom. The van der Waals surface area contributed by atoms with E-state index >= 15 is 0 Å². The predicted octanol–water partition coefficient (Wildman–Crippen LogP) is 1.93. The molecule has 0 amide bonds. The zero-order chi connectivity index (χ0) is 14.7. The van der Waals surface area contributed by atoms with Crippen LogP contribution in [-0.2, 0) is 0 Å². The van der Waals surface area contributed by atoms with Crippen LogP contribution in [0.15, 0.2) is 6.07 Å². The van der Waals surface area contributed by atoms with Gasteiger partial charge in [-0.25, -0.2) is 15.8 Å². The lowest BCUT2D eigenvalue weighted by Crippen LogP contribution is -2.41. The lowest BCUT2D eigenvalue weighted by molar-refractivity contribution is 0.180. The Balaban J connectivity index is 1.59. The maximum absolute atomic E-state index is 5.50. The molecule has 0 aromatic carbocycles. The molecule has 116 valence electrons. The molecule has 1 aliphatic carbocycles. The first-order valence-corrected chi connectivity index (χ1v) is 8.10. The number of nitrogens with one attached hydrogen (secondary N) is 2. The molecular formula is C15H26N6. The van der Waals surface area contributed by atoms with Crippen molar-refractivity contribution in [1.82, 2.24) is 14.9 Å². The van der Waals surface area contributed by atoms with Gasteiger partial charge < -0.3 is 10.7 Å². The van der Waals surface area contributed by atoms with E-state index in [0.29, 0.717) is 17.8 Å². The van der Waals surface area contributed by atoms with Gasteiger partial charge in [0.25, 0.3) is 0 Å². The van der Waals surface area contributed by atoms with E-state index in [-0.39, 0.29) is 0 Å². The van der Waals surface area contributed by atoms with Gasteiger partial charge >= 0.3 is 0 Å². The molecule has 1 aromatic rings. The van der Waals surface area contributed by atoms with Gasteiger partial charge in [0.2, 0.25) is 0 Å². The molecule has 2 aliphatic rings. The third-order valence-electron chi connectivity index (χ3n) is 4.43. The maximum atomic E-state index is 5.50. The van der Waals surface area contributed by atoms with Crippen molar-refractivity contribution in [2.24, 2.45) is 5.84 Å². The van der Waals surface area contributed by atoms with E-state index in [4.69, 9.17) is 5.84 Å². The number of nitrogens with zero attached hydrogens (tertiary/aromatic N) is 3. The van der Waals surface area contributed by atoms with E-state index in [1.807, 2.05) is 6.07 Å². The maximum Gasteiger partial charge on any atom is 0.145 e. The topological polar surface area (TPSA) is 79.1 Å². The number of anilines is 2. The van der Waals surface area contributed by atoms with Crippen LogP contribution < -0.4 is 16.6 Å². The number of piperidine rings is 1. The third kappa shape index (κ3) is 3.83. The highest BCUT2D eigenvalue weighted by Crippen LogP contribution is 2.38. The van der Waals surface area contributed by atoms with Gasteiger partial charge in [0.1, 0.15) is 17.5 Å². The second-order valence-corrected chi connectivity index (χ2v) is 6.24. The molecule has 2 fully saturated rings. The van der Waals surface area contributed by atoms with Crippen LogP contribution in [0.5, 0.6) is 0 Å². The summed E-state index contributed by atoms with van der Waals surface area (Å²) in [5.74, 6) is 8.52. The first kappa shape index (κ1) is 14.5. The van der Waals surface area contributed by atoms with Gasteiger partial charge in [-0.1, -0.05) is 6.42 Å². The second-order valence-electron chi connectivity index (χ2n) is 6.24. The molecule has 1 atom stereocenters. The van der Waals surface area contributed by atoms with E-state index in [1.54, 1.807) is 0 Å². The minimum Gasteiger partial charge on any atom is -0.368 e. The lowest BCUT2D eigenvalue weighted by Gasteiger charge is -2.32. The molecule has 1 saturated heterocycles. The van der Waals surface area contributed by atoms with E-state index in [9.17, 15) is 0 Å². The van der Waals surface area contributed by atoms with Crippen molar-refractivity contribution in [3.8, 4) is 0 Å². The van der Waals surface area contributed by atoms with Gasteiger partial charge in [0.15, 0.2) is 0 Å². The molecule has 21 heavy (non-hydrogen) atoms. The highest BCUT2D eigenvalue weighted by Gasteiger charge is 2.27. The number of hydrazine groups is 1. The molecule has 3 rings (SSSR count). The SMILES string of the molecule is CC(CNc1cc(NN)nc(C2CC2)n1)N1CCCCC1. The van der Waals surface area contributed by atoms with E-state index in [0.717, 1.165) is 18.2 Å². The fourth-order valence-electron chi connectivity index (χ4n) is 2.89. The Bertz CT molecular complexity index is 467. The van der Waals surface area contributed by atoms with Crippen LogP contribution in [0.2, 0.25) is 0 Å². The van der Waals surface area contributed by atoms with E-state index in [2.05, 4.69) is 32.5 Å². The number of aromatic nitrogens is 2. The van der Waals surface area contributed by atoms with Gasteiger partial charge in [0.05, 0.1) is 0 Å². The zero-order valence-electron chi connectivity index (χ0n) is 12.8. The summed E-state index contributed by atoms with van der Waals surface area (Å²) < 4.78 is 0. The highest BCUT2D eigenvalue weighted by atomic mass is 15.3. The number of hydrogen-bond acceptors (Lipinski definition) is 6. The summed E-state index contributed by atoms with van der Waals surface area (Å²) >= 11 is 0. The Hall–Kier alpha value is -1.40. The van der Waals surface area contributed by atoms with Gasteiger partial charge in [0, 0.05) is 24.6 Å². The third-order valence-corrected chi connectivity index (χ3v) is 4.43. The van der Waals surface area contributed by atoms with Crippen LogP contribution in [-0.4, -0.2) is 40.5 Å². The Morgan fingerprint density at radius 2 is 1.95 bits per heavy atom. The van der Waals surface area contributed by atoms with E-state index in [1.165, 1.54) is 45.2 Å². The first-order valence-electron chi connectivity index (χ1n) is 8.10. The summed E-state index contributed by atoms with van der Waals surface area (Å²) in [7, 11) is 0. The fraction of sp³-hybridized carbons (Fsp3) is 0.733. The van der Waals surface area contributed by atoms with Crippen LogP contribution in [0.25, 0.3) is 0 Å². The molecule has 6 heteroatoms. The molecule has 2 heterocycles. The monoisotopic (exact) mass is 290 g/mol. The number of rotatable bonds is 6. The van der Waals surface area contributed by atoms with Crippen molar-refractivity contribution < 1.29 is 0 Å². The van der Waals surface area contributed by atoms with Crippen LogP contribution in [0.3, 0.4) is 0 Å². The van der Waals surface area contributed by atoms with Crippen molar-refractivity contribution in [2.45, 2.75) is 51.0 Å². The summed E-state index contributed by atoms with van der Waals surface area (Å²) in [6.45, 7) is 5.62. The molecule has 0 bridgehead atoms. The van der Waals surface area contributed by atoms with Gasteiger partial charge in [-0.2, -0.15) is 0 Å². The number of nitrogen functional groups attached to an aromatic ring is 1. The summed E-state index contributed by atoms with van der Waals surface area (Å²) in [4.78, 5) is 11.6. The predicted molar refractivity (Wildman–Crippen MR) is 85.2 cm³/mol. The van der Waals surface area contributed by atoms with E-state index < -0.39 is 0 Å². The number of likely N-dealkylation sites (tertiary alicyclic amines) is 1. The zero-order valence-corrected chi connectivity index (χ0v) is 12.8. The normalized spacial score (nSPS) is 21.0. The molecule has 1 unspecified atom stereocenters. The molecule has 0 spiro atoms. The number of hydrogen-bond donors (Lipinski definition) is 3. The molecule has 6 nitrogen and oxygen atoms in total. The van der Waals surface area contributed by atoms with Gasteiger partial charge in [-0.3, -0.25) is 4.90 Å². The average Bonchev–Trinajstić information content (AvgIpc) is 3.38. The quantitative estimate of drug-likeness (QED) is 0.549. The van der Waals surface area contributed by atoms with Gasteiger partial charge in [-0.05, 0) is 45.7 Å². The van der Waals surface area contributed by atoms with Gasteiger partial charge in [-0.15, -0.1) is 0 Å². The number of nitrogens with two attached hydrogens (primary N) is 1. The lowest BCUT2D eigenvalue weighted by atomic mass is 10.1. The molecule has 1 saturated carbocycles. The second kappa shape index (κ2) is 6.58. The van der Waals surface area contributed by atoms with Crippen molar-refractivity contribution in [2.75, 3.05) is 30.4 Å². The average molecular weight is 290 g/mol. The fourth-order valence-corrected chi connectivity index (χ4v) is 2.89. The molecular weight excluding hydrogens is 264 g/mol. The minimum absolute atomic E-state index is 0.526. The Labute approximate surface area is 126 Å². The largest absolute Gasteiger partial charge is 0.368 e. The molecule has 1 aliphatic heterocycles. The van der Waals surface area contributed by atoms with Crippen molar-refractivity contribution in [1.29, 1.82) is 0 Å². The Kier molecular flexibility index (Phi) is 4.55. The minimum atomic E-state index is 0.526. The smallest absolute Gasteiger partial charge is 0.145 e. The summed E-state index contributed by atoms with van der Waals surface area (Å²) in [5, 5.41) is 3.45. The summed E-state index contributed by atoms with van der Waals surface area (Å²) in [6.07, 6.45) is 6.41. The highest BCUT2D eigenvalue weighted by molar-refractivity contribution is 5.47. The van der Waals surface area contributed by atoms with Crippen LogP contribution in [0.1, 0.15) is 50.8 Å². The molecule has 4 N–H and O–H groups in total. The standard InChI is InChI=1S/C15H26N6/c1-11(21-7-3-2-4-8-21)10-17-13-9-14(20-16)19-15(18-13)12-5-6-12/h9,11-12H,2-8,10,16H2,1H3,(H2,17,18,19,20).